The molecule has 0 bridgehead atoms. The molecule has 0 unspecified atom stereocenters. The summed E-state index contributed by atoms with van der Waals surface area (Å²) in [4.78, 5) is 29.1. The van der Waals surface area contributed by atoms with Gasteiger partial charge in [0, 0.05) is 37.4 Å². The number of piperazine rings is 1. The summed E-state index contributed by atoms with van der Waals surface area (Å²) in [6, 6.07) is 15.0. The van der Waals surface area contributed by atoms with Crippen LogP contribution in [0.3, 0.4) is 0 Å². The number of methoxy groups -OCH3 is 1. The standard InChI is InChI=1S/C24H27N5O4/c1-3-33-24(31)21-16-26-29(22(21)25)19-6-4-17(5-7-19)23(30)28-14-12-27(13-15-28)18-8-10-20(32-2)11-9-18/h4-11,16H,3,12-15,25H2,1-2H3. The average molecular weight is 450 g/mol. The number of esters is 1. The molecule has 2 N–H and O–H groups in total. The molecule has 0 radical (unpaired) electrons. The first-order chi connectivity index (χ1) is 16.0. The first-order valence-electron chi connectivity index (χ1n) is 10.8. The van der Waals surface area contributed by atoms with Crippen molar-refractivity contribution in [2.75, 3.05) is 50.5 Å². The zero-order chi connectivity index (χ0) is 23.4. The van der Waals surface area contributed by atoms with Gasteiger partial charge in [0.2, 0.25) is 0 Å². The van der Waals surface area contributed by atoms with Crippen LogP contribution in [0, 0.1) is 0 Å². The highest BCUT2D eigenvalue weighted by Gasteiger charge is 2.23. The lowest BCUT2D eigenvalue weighted by Crippen LogP contribution is -2.48. The fraction of sp³-hybridized carbons (Fsp3) is 0.292. The highest BCUT2D eigenvalue weighted by molar-refractivity contribution is 5.95. The molecule has 9 nitrogen and oxygen atoms in total. The number of nitrogens with zero attached hydrogens (tertiary/aromatic N) is 4. The van der Waals surface area contributed by atoms with E-state index in [-0.39, 0.29) is 23.9 Å². The number of amides is 1. The monoisotopic (exact) mass is 449 g/mol. The van der Waals surface area contributed by atoms with E-state index in [9.17, 15) is 9.59 Å². The van der Waals surface area contributed by atoms with Gasteiger partial charge in [-0.25, -0.2) is 9.48 Å². The first-order valence-corrected chi connectivity index (χ1v) is 10.8. The normalized spacial score (nSPS) is 13.6. The Kier molecular flexibility index (Phi) is 6.48. The Hall–Kier alpha value is -4.01. The van der Waals surface area contributed by atoms with Gasteiger partial charge >= 0.3 is 5.97 Å². The minimum absolute atomic E-state index is 0.0171. The van der Waals surface area contributed by atoms with E-state index >= 15 is 0 Å². The van der Waals surface area contributed by atoms with Crippen LogP contribution in [-0.4, -0.2) is 66.5 Å². The van der Waals surface area contributed by atoms with Crippen molar-refractivity contribution < 1.29 is 19.1 Å². The molecule has 3 aromatic rings. The lowest BCUT2D eigenvalue weighted by molar-refractivity contribution is 0.0527. The number of carbonyl (C=O) groups excluding carboxylic acids is 2. The molecule has 4 rings (SSSR count). The Morgan fingerprint density at radius 1 is 0.970 bits per heavy atom. The highest BCUT2D eigenvalue weighted by Crippen LogP contribution is 2.22. The van der Waals surface area contributed by atoms with Gasteiger partial charge in [0.05, 0.1) is 25.6 Å². The number of anilines is 2. The van der Waals surface area contributed by atoms with Crippen LogP contribution >= 0.6 is 0 Å². The summed E-state index contributed by atoms with van der Waals surface area (Å²) >= 11 is 0. The van der Waals surface area contributed by atoms with Crippen LogP contribution in [0.1, 0.15) is 27.6 Å². The van der Waals surface area contributed by atoms with Crippen molar-refractivity contribution in [2.24, 2.45) is 0 Å². The summed E-state index contributed by atoms with van der Waals surface area (Å²) in [5, 5.41) is 4.18. The molecule has 1 aromatic heterocycles. The summed E-state index contributed by atoms with van der Waals surface area (Å²) in [6.07, 6.45) is 1.38. The topological polar surface area (TPSA) is 103 Å². The van der Waals surface area contributed by atoms with E-state index in [2.05, 4.69) is 10.00 Å². The maximum atomic E-state index is 13.0. The van der Waals surface area contributed by atoms with E-state index < -0.39 is 5.97 Å². The number of hydrogen-bond acceptors (Lipinski definition) is 7. The number of nitrogen functional groups attached to an aromatic ring is 1. The van der Waals surface area contributed by atoms with Crippen LogP contribution in [0.5, 0.6) is 5.75 Å². The molecule has 1 aliphatic rings. The molecule has 0 saturated carbocycles. The number of nitrogens with two attached hydrogens (primary N) is 1. The molecule has 9 heteroatoms. The molecule has 0 aliphatic carbocycles. The summed E-state index contributed by atoms with van der Waals surface area (Å²) in [7, 11) is 1.65. The van der Waals surface area contributed by atoms with Crippen LogP contribution in [0.25, 0.3) is 5.69 Å². The van der Waals surface area contributed by atoms with Crippen LogP contribution in [-0.2, 0) is 4.74 Å². The maximum absolute atomic E-state index is 13.0. The Balaban J connectivity index is 1.39. The van der Waals surface area contributed by atoms with Gasteiger partial charge in [-0.1, -0.05) is 0 Å². The number of carbonyl (C=O) groups is 2. The quantitative estimate of drug-likeness (QED) is 0.577. The molecule has 172 valence electrons. The van der Waals surface area contributed by atoms with E-state index in [4.69, 9.17) is 15.2 Å². The van der Waals surface area contributed by atoms with Gasteiger partial charge in [-0.2, -0.15) is 5.10 Å². The third-order valence-electron chi connectivity index (χ3n) is 5.67. The maximum Gasteiger partial charge on any atom is 0.343 e. The predicted octanol–water partition coefficient (Wildman–Crippen LogP) is 2.60. The molecule has 1 saturated heterocycles. The van der Waals surface area contributed by atoms with Crippen LogP contribution < -0.4 is 15.4 Å². The van der Waals surface area contributed by atoms with Gasteiger partial charge < -0.3 is 25.0 Å². The van der Waals surface area contributed by atoms with Crippen molar-refractivity contribution in [3.63, 3.8) is 0 Å². The molecule has 33 heavy (non-hydrogen) atoms. The average Bonchev–Trinajstić information content (AvgIpc) is 3.25. The SMILES string of the molecule is CCOC(=O)c1cnn(-c2ccc(C(=O)N3CCN(c4ccc(OC)cc4)CC3)cc2)c1N. The summed E-state index contributed by atoms with van der Waals surface area (Å²) in [5.41, 5.74) is 8.65. The van der Waals surface area contributed by atoms with Gasteiger partial charge in [0.15, 0.2) is 0 Å². The lowest BCUT2D eigenvalue weighted by Gasteiger charge is -2.36. The van der Waals surface area contributed by atoms with E-state index in [0.29, 0.717) is 24.3 Å². The Bertz CT molecular complexity index is 1120. The number of hydrogen-bond donors (Lipinski definition) is 1. The number of rotatable bonds is 6. The second kappa shape index (κ2) is 9.64. The molecule has 2 aromatic carbocycles. The minimum Gasteiger partial charge on any atom is -0.497 e. The molecule has 0 atom stereocenters. The van der Waals surface area contributed by atoms with Crippen molar-refractivity contribution in [1.29, 1.82) is 0 Å². The Morgan fingerprint density at radius 3 is 2.21 bits per heavy atom. The Labute approximate surface area is 192 Å². The highest BCUT2D eigenvalue weighted by atomic mass is 16.5. The molecule has 0 spiro atoms. The van der Waals surface area contributed by atoms with Gasteiger partial charge in [0.1, 0.15) is 17.1 Å². The zero-order valence-corrected chi connectivity index (χ0v) is 18.7. The molecule has 1 amide bonds. The largest absolute Gasteiger partial charge is 0.497 e. The third-order valence-corrected chi connectivity index (χ3v) is 5.67. The van der Waals surface area contributed by atoms with Crippen LogP contribution in [0.15, 0.2) is 54.7 Å². The van der Waals surface area contributed by atoms with E-state index in [1.54, 1.807) is 38.3 Å². The minimum atomic E-state index is -0.512. The summed E-state index contributed by atoms with van der Waals surface area (Å²) in [5.74, 6) is 0.491. The van der Waals surface area contributed by atoms with Crippen molar-refractivity contribution in [1.82, 2.24) is 14.7 Å². The van der Waals surface area contributed by atoms with Gasteiger partial charge in [-0.05, 0) is 55.5 Å². The van der Waals surface area contributed by atoms with Crippen LogP contribution in [0.4, 0.5) is 11.5 Å². The molecule has 1 fully saturated rings. The van der Waals surface area contributed by atoms with Crippen molar-refractivity contribution in [3.8, 4) is 11.4 Å². The van der Waals surface area contributed by atoms with E-state index in [1.165, 1.54) is 10.9 Å². The number of aromatic nitrogens is 2. The summed E-state index contributed by atoms with van der Waals surface area (Å²) < 4.78 is 11.7. The molecule has 1 aliphatic heterocycles. The lowest BCUT2D eigenvalue weighted by atomic mass is 10.1. The van der Waals surface area contributed by atoms with E-state index in [1.807, 2.05) is 29.2 Å². The van der Waals surface area contributed by atoms with Crippen LogP contribution in [0.2, 0.25) is 0 Å². The Morgan fingerprint density at radius 2 is 1.61 bits per heavy atom. The third kappa shape index (κ3) is 4.62. The predicted molar refractivity (Wildman–Crippen MR) is 125 cm³/mol. The second-order valence-electron chi connectivity index (χ2n) is 7.60. The summed E-state index contributed by atoms with van der Waals surface area (Å²) in [6.45, 7) is 4.79. The molecule has 2 heterocycles. The molecular formula is C24H27N5O4. The fourth-order valence-electron chi connectivity index (χ4n) is 3.82. The van der Waals surface area contributed by atoms with Gasteiger partial charge in [-0.3, -0.25) is 4.79 Å². The number of ether oxygens (including phenoxy) is 2. The smallest absolute Gasteiger partial charge is 0.343 e. The van der Waals surface area contributed by atoms with Gasteiger partial charge in [0.25, 0.3) is 5.91 Å². The zero-order valence-electron chi connectivity index (χ0n) is 18.7. The first kappa shape index (κ1) is 22.2. The fourth-order valence-corrected chi connectivity index (χ4v) is 3.82. The molecular weight excluding hydrogens is 422 g/mol. The van der Waals surface area contributed by atoms with Crippen molar-refractivity contribution in [2.45, 2.75) is 6.92 Å². The number of benzene rings is 2. The second-order valence-corrected chi connectivity index (χ2v) is 7.60. The van der Waals surface area contributed by atoms with E-state index in [0.717, 1.165) is 24.5 Å². The van der Waals surface area contributed by atoms with Crippen molar-refractivity contribution >= 4 is 23.4 Å². The van der Waals surface area contributed by atoms with Crippen molar-refractivity contribution in [3.05, 3.63) is 65.9 Å². The van der Waals surface area contributed by atoms with Gasteiger partial charge in [-0.15, -0.1) is 0 Å².